The Morgan fingerprint density at radius 2 is 1.76 bits per heavy atom. The maximum absolute atomic E-state index is 12.9. The molecule has 0 atom stereocenters. The number of nitrogens with zero attached hydrogens (tertiary/aromatic N) is 4. The number of rotatable bonds is 9. The van der Waals surface area contributed by atoms with Gasteiger partial charge in [0.1, 0.15) is 11.6 Å². The number of aromatic nitrogens is 2. The summed E-state index contributed by atoms with van der Waals surface area (Å²) in [6.45, 7) is 4.81. The monoisotopic (exact) mass is 538 g/mol. The van der Waals surface area contributed by atoms with Crippen LogP contribution in [-0.4, -0.2) is 78.2 Å². The second-order valence-electron chi connectivity index (χ2n) is 8.90. The molecule has 0 radical (unpaired) electrons. The number of anilines is 2. The molecule has 0 spiro atoms. The largest absolute Gasteiger partial charge is 0.504 e. The summed E-state index contributed by atoms with van der Waals surface area (Å²) in [7, 11) is 1.48. The van der Waals surface area contributed by atoms with Gasteiger partial charge in [0.2, 0.25) is 11.8 Å². The lowest BCUT2D eigenvalue weighted by atomic mass is 10.1. The molecule has 200 valence electrons. The summed E-state index contributed by atoms with van der Waals surface area (Å²) in [4.78, 5) is 37.5. The van der Waals surface area contributed by atoms with E-state index >= 15 is 0 Å². The molecule has 0 saturated carbocycles. The number of methoxy groups -OCH3 is 1. The standard InChI is InChI=1S/C27H31ClN6O4/c1-18(35)29-9-10-30-24-17-25(32-27(31-24)20-4-6-21(28)7-5-20)33-11-13-34(14-12-33)26(37)16-19-3-8-22(36)23(15-19)38-2/h3-8,15,17,36H,9-14,16H2,1-2H3,(H,29,35)(H,30,31,32). The lowest BCUT2D eigenvalue weighted by Gasteiger charge is -2.35. The van der Waals surface area contributed by atoms with Crippen LogP contribution in [0.5, 0.6) is 11.5 Å². The Morgan fingerprint density at radius 3 is 2.45 bits per heavy atom. The Balaban J connectivity index is 1.44. The lowest BCUT2D eigenvalue weighted by Crippen LogP contribution is -2.49. The summed E-state index contributed by atoms with van der Waals surface area (Å²) in [5.74, 6) is 2.27. The number of hydrogen-bond donors (Lipinski definition) is 3. The molecule has 2 aromatic carbocycles. The van der Waals surface area contributed by atoms with Crippen molar-refractivity contribution in [2.45, 2.75) is 13.3 Å². The van der Waals surface area contributed by atoms with Crippen LogP contribution in [0.15, 0.2) is 48.5 Å². The highest BCUT2D eigenvalue weighted by atomic mass is 35.5. The molecule has 11 heteroatoms. The fourth-order valence-corrected chi connectivity index (χ4v) is 4.27. The first-order chi connectivity index (χ1) is 18.3. The highest BCUT2D eigenvalue weighted by Crippen LogP contribution is 2.27. The molecular weight excluding hydrogens is 508 g/mol. The number of aromatic hydroxyl groups is 1. The number of hydrogen-bond acceptors (Lipinski definition) is 8. The summed E-state index contributed by atoms with van der Waals surface area (Å²) < 4.78 is 5.15. The van der Waals surface area contributed by atoms with Gasteiger partial charge in [-0.15, -0.1) is 0 Å². The van der Waals surface area contributed by atoms with Crippen molar-refractivity contribution in [3.8, 4) is 22.9 Å². The van der Waals surface area contributed by atoms with Gasteiger partial charge < -0.3 is 30.3 Å². The Kier molecular flexibility index (Phi) is 8.85. The average Bonchev–Trinajstić information content (AvgIpc) is 2.92. The molecule has 0 aliphatic carbocycles. The van der Waals surface area contributed by atoms with Crippen molar-refractivity contribution >= 4 is 35.1 Å². The minimum Gasteiger partial charge on any atom is -0.504 e. The molecule has 1 aliphatic heterocycles. The van der Waals surface area contributed by atoms with Crippen molar-refractivity contribution < 1.29 is 19.4 Å². The zero-order chi connectivity index (χ0) is 27.1. The molecule has 1 saturated heterocycles. The fraction of sp³-hybridized carbons (Fsp3) is 0.333. The van der Waals surface area contributed by atoms with Crippen LogP contribution in [0.4, 0.5) is 11.6 Å². The van der Waals surface area contributed by atoms with Crippen molar-refractivity contribution in [3.63, 3.8) is 0 Å². The number of benzene rings is 2. The third kappa shape index (κ3) is 7.04. The number of ether oxygens (including phenoxy) is 1. The van der Waals surface area contributed by atoms with Crippen LogP contribution in [0.25, 0.3) is 11.4 Å². The molecule has 2 heterocycles. The number of halogens is 1. The second-order valence-corrected chi connectivity index (χ2v) is 9.34. The van der Waals surface area contributed by atoms with E-state index in [0.717, 1.165) is 16.9 Å². The van der Waals surface area contributed by atoms with Crippen molar-refractivity contribution in [2.75, 3.05) is 56.6 Å². The Hall–Kier alpha value is -4.05. The van der Waals surface area contributed by atoms with E-state index in [0.29, 0.717) is 61.7 Å². The average molecular weight is 539 g/mol. The summed E-state index contributed by atoms with van der Waals surface area (Å²) >= 11 is 6.06. The number of phenols is 1. The van der Waals surface area contributed by atoms with Crippen LogP contribution in [0.1, 0.15) is 12.5 Å². The van der Waals surface area contributed by atoms with Gasteiger partial charge in [0.05, 0.1) is 13.5 Å². The van der Waals surface area contributed by atoms with E-state index in [4.69, 9.17) is 21.3 Å². The number of carbonyl (C=O) groups is 2. The summed E-state index contributed by atoms with van der Waals surface area (Å²) in [6.07, 6.45) is 0.229. The first-order valence-electron chi connectivity index (χ1n) is 12.3. The van der Waals surface area contributed by atoms with Crippen molar-refractivity contribution in [3.05, 3.63) is 59.1 Å². The minimum absolute atomic E-state index is 0.0160. The first-order valence-corrected chi connectivity index (χ1v) is 12.7. The normalized spacial score (nSPS) is 13.2. The number of phenolic OH excluding ortho intramolecular Hbond substituents is 1. The Labute approximate surface area is 226 Å². The smallest absolute Gasteiger partial charge is 0.227 e. The van der Waals surface area contributed by atoms with E-state index in [1.807, 2.05) is 23.1 Å². The van der Waals surface area contributed by atoms with Gasteiger partial charge in [-0.05, 0) is 42.0 Å². The predicted octanol–water partition coefficient (Wildman–Crippen LogP) is 2.95. The van der Waals surface area contributed by atoms with Crippen LogP contribution in [0.3, 0.4) is 0 Å². The van der Waals surface area contributed by atoms with Crippen LogP contribution in [-0.2, 0) is 16.0 Å². The number of piperazine rings is 1. The van der Waals surface area contributed by atoms with Gasteiger partial charge in [0.15, 0.2) is 17.3 Å². The predicted molar refractivity (Wildman–Crippen MR) is 147 cm³/mol. The molecule has 2 amide bonds. The molecule has 38 heavy (non-hydrogen) atoms. The molecule has 3 aromatic rings. The second kappa shape index (κ2) is 12.5. The third-order valence-corrected chi connectivity index (χ3v) is 6.43. The summed E-state index contributed by atoms with van der Waals surface area (Å²) in [6, 6.07) is 14.2. The number of nitrogens with one attached hydrogen (secondary N) is 2. The molecular formula is C27H31ClN6O4. The Morgan fingerprint density at radius 1 is 1.03 bits per heavy atom. The van der Waals surface area contributed by atoms with E-state index in [2.05, 4.69) is 20.5 Å². The molecule has 1 aliphatic rings. The van der Waals surface area contributed by atoms with E-state index in [9.17, 15) is 14.7 Å². The van der Waals surface area contributed by atoms with Gasteiger partial charge in [-0.1, -0.05) is 17.7 Å². The molecule has 1 aromatic heterocycles. The maximum Gasteiger partial charge on any atom is 0.227 e. The van der Waals surface area contributed by atoms with Gasteiger partial charge in [-0.3, -0.25) is 9.59 Å². The number of carbonyl (C=O) groups excluding carboxylic acids is 2. The SMILES string of the molecule is COc1cc(CC(=O)N2CCN(c3cc(NCCNC(C)=O)nc(-c4ccc(Cl)cc4)n3)CC2)ccc1O. The van der Waals surface area contributed by atoms with Crippen LogP contribution < -0.4 is 20.3 Å². The van der Waals surface area contributed by atoms with Gasteiger partial charge in [0, 0.05) is 62.8 Å². The molecule has 0 bridgehead atoms. The quantitative estimate of drug-likeness (QED) is 0.356. The van der Waals surface area contributed by atoms with Crippen molar-refractivity contribution in [1.29, 1.82) is 0 Å². The lowest BCUT2D eigenvalue weighted by molar-refractivity contribution is -0.130. The van der Waals surface area contributed by atoms with E-state index < -0.39 is 0 Å². The molecule has 0 unspecified atom stereocenters. The highest BCUT2D eigenvalue weighted by Gasteiger charge is 2.23. The van der Waals surface area contributed by atoms with Gasteiger partial charge in [-0.2, -0.15) is 0 Å². The molecule has 3 N–H and O–H groups in total. The molecule has 4 rings (SSSR count). The maximum atomic E-state index is 12.9. The van der Waals surface area contributed by atoms with Crippen LogP contribution in [0.2, 0.25) is 5.02 Å². The van der Waals surface area contributed by atoms with Gasteiger partial charge >= 0.3 is 0 Å². The first kappa shape index (κ1) is 27.0. The Bertz CT molecular complexity index is 1280. The fourth-order valence-electron chi connectivity index (χ4n) is 4.15. The zero-order valence-electron chi connectivity index (χ0n) is 21.4. The summed E-state index contributed by atoms with van der Waals surface area (Å²) in [5, 5.41) is 16.4. The van der Waals surface area contributed by atoms with Crippen molar-refractivity contribution in [1.82, 2.24) is 20.2 Å². The van der Waals surface area contributed by atoms with Crippen molar-refractivity contribution in [2.24, 2.45) is 0 Å². The number of amides is 2. The minimum atomic E-state index is -0.0889. The van der Waals surface area contributed by atoms with Gasteiger partial charge in [0.25, 0.3) is 0 Å². The van der Waals surface area contributed by atoms with E-state index in [-0.39, 0.29) is 24.0 Å². The highest BCUT2D eigenvalue weighted by molar-refractivity contribution is 6.30. The van der Waals surface area contributed by atoms with Gasteiger partial charge in [-0.25, -0.2) is 9.97 Å². The molecule has 10 nitrogen and oxygen atoms in total. The van der Waals surface area contributed by atoms with Crippen LogP contribution in [0, 0.1) is 0 Å². The van der Waals surface area contributed by atoms with E-state index in [1.165, 1.54) is 20.1 Å². The van der Waals surface area contributed by atoms with Crippen LogP contribution >= 0.6 is 11.6 Å². The summed E-state index contributed by atoms with van der Waals surface area (Å²) in [5.41, 5.74) is 1.62. The van der Waals surface area contributed by atoms with E-state index in [1.54, 1.807) is 24.3 Å². The molecule has 1 fully saturated rings. The third-order valence-electron chi connectivity index (χ3n) is 6.18. The topological polar surface area (TPSA) is 120 Å². The zero-order valence-corrected chi connectivity index (χ0v) is 22.2.